The van der Waals surface area contributed by atoms with Crippen molar-refractivity contribution in [3.05, 3.63) is 82.7 Å². The molecule has 184 valence electrons. The van der Waals surface area contributed by atoms with E-state index in [0.717, 1.165) is 47.3 Å². The van der Waals surface area contributed by atoms with Crippen LogP contribution in [0.4, 0.5) is 4.39 Å². The Morgan fingerprint density at radius 1 is 1.03 bits per heavy atom. The minimum atomic E-state index is -0.767. The third-order valence-corrected chi connectivity index (χ3v) is 6.74. The van der Waals surface area contributed by atoms with Gasteiger partial charge in [0, 0.05) is 5.56 Å². The zero-order valence-corrected chi connectivity index (χ0v) is 20.9. The van der Waals surface area contributed by atoms with E-state index in [1.807, 2.05) is 24.3 Å². The number of fused-ring (bicyclic) bond motifs is 1. The van der Waals surface area contributed by atoms with Crippen LogP contribution < -0.4 is 9.47 Å². The van der Waals surface area contributed by atoms with Gasteiger partial charge >= 0.3 is 5.97 Å². The van der Waals surface area contributed by atoms with Gasteiger partial charge in [-0.2, -0.15) is 0 Å². The molecule has 0 saturated heterocycles. The van der Waals surface area contributed by atoms with Crippen LogP contribution in [-0.4, -0.2) is 18.2 Å². The second-order valence-electron chi connectivity index (χ2n) is 10.3. The smallest absolute Gasteiger partial charge is 0.303 e. The quantitative estimate of drug-likeness (QED) is 0.389. The molecule has 3 aromatic carbocycles. The number of halogens is 1. The highest BCUT2D eigenvalue weighted by molar-refractivity contribution is 5.71. The highest BCUT2D eigenvalue weighted by Gasteiger charge is 2.24. The lowest BCUT2D eigenvalue weighted by Crippen LogP contribution is -2.14. The van der Waals surface area contributed by atoms with Gasteiger partial charge in [0.1, 0.15) is 23.9 Å². The molecular weight excluding hydrogens is 443 g/mol. The van der Waals surface area contributed by atoms with E-state index >= 15 is 0 Å². The fourth-order valence-corrected chi connectivity index (χ4v) is 4.93. The molecule has 0 heterocycles. The molecule has 0 saturated carbocycles. The fraction of sp³-hybridized carbons (Fsp3) is 0.367. The molecule has 1 unspecified atom stereocenters. The molecule has 5 heteroatoms. The van der Waals surface area contributed by atoms with Gasteiger partial charge in [-0.25, -0.2) is 4.39 Å². The molecule has 0 radical (unpaired) electrons. The van der Waals surface area contributed by atoms with Crippen LogP contribution in [0.5, 0.6) is 11.5 Å². The van der Waals surface area contributed by atoms with Crippen LogP contribution in [0.15, 0.2) is 54.6 Å². The summed E-state index contributed by atoms with van der Waals surface area (Å²) >= 11 is 0. The summed E-state index contributed by atoms with van der Waals surface area (Å²) in [7, 11) is 1.58. The Balaban J connectivity index is 1.60. The molecular formula is C30H33FO4. The summed E-state index contributed by atoms with van der Waals surface area (Å²) in [5.74, 6) is 0.328. The number of benzene rings is 3. The molecule has 1 aliphatic carbocycles. The van der Waals surface area contributed by atoms with E-state index in [1.165, 1.54) is 11.6 Å². The van der Waals surface area contributed by atoms with Crippen LogP contribution in [0.3, 0.4) is 0 Å². The van der Waals surface area contributed by atoms with Crippen LogP contribution in [0.25, 0.3) is 11.1 Å². The SMILES string of the molecule is COc1ccc(F)c(-c2ccc(COc3ccc4c(c3)C(CC(=O)O)CCC4)cc2C(C)(C)C)c1. The molecule has 4 rings (SSSR count). The van der Waals surface area contributed by atoms with E-state index in [4.69, 9.17) is 9.47 Å². The largest absolute Gasteiger partial charge is 0.497 e. The normalized spacial score (nSPS) is 15.4. The first-order chi connectivity index (χ1) is 16.7. The number of aryl methyl sites for hydroxylation is 1. The lowest BCUT2D eigenvalue weighted by atomic mass is 9.80. The summed E-state index contributed by atoms with van der Waals surface area (Å²) in [6.07, 6.45) is 3.03. The fourth-order valence-electron chi connectivity index (χ4n) is 4.93. The Labute approximate surface area is 206 Å². The molecule has 35 heavy (non-hydrogen) atoms. The number of rotatable bonds is 7. The lowest BCUT2D eigenvalue weighted by Gasteiger charge is -2.25. The zero-order valence-electron chi connectivity index (χ0n) is 20.9. The number of carboxylic acids is 1. The van der Waals surface area contributed by atoms with E-state index in [9.17, 15) is 14.3 Å². The highest BCUT2D eigenvalue weighted by Crippen LogP contribution is 2.38. The molecule has 0 aromatic heterocycles. The Bertz CT molecular complexity index is 1230. The highest BCUT2D eigenvalue weighted by atomic mass is 19.1. The third kappa shape index (κ3) is 5.67. The Kier molecular flexibility index (Phi) is 7.15. The molecule has 0 spiro atoms. The average Bonchev–Trinajstić information content (AvgIpc) is 2.82. The van der Waals surface area contributed by atoms with Crippen molar-refractivity contribution in [3.8, 4) is 22.6 Å². The third-order valence-electron chi connectivity index (χ3n) is 6.74. The van der Waals surface area contributed by atoms with Crippen molar-refractivity contribution in [2.24, 2.45) is 0 Å². The van der Waals surface area contributed by atoms with Crippen molar-refractivity contribution in [2.75, 3.05) is 7.11 Å². The number of methoxy groups -OCH3 is 1. The first kappa shape index (κ1) is 24.8. The van der Waals surface area contributed by atoms with E-state index in [2.05, 4.69) is 32.9 Å². The van der Waals surface area contributed by atoms with Crippen molar-refractivity contribution in [1.29, 1.82) is 0 Å². The molecule has 4 nitrogen and oxygen atoms in total. The average molecular weight is 477 g/mol. The van der Waals surface area contributed by atoms with Crippen molar-refractivity contribution in [2.45, 2.75) is 64.4 Å². The summed E-state index contributed by atoms with van der Waals surface area (Å²) in [6.45, 7) is 6.70. The van der Waals surface area contributed by atoms with Crippen molar-refractivity contribution in [1.82, 2.24) is 0 Å². The zero-order chi connectivity index (χ0) is 25.2. The maximum absolute atomic E-state index is 14.8. The van der Waals surface area contributed by atoms with E-state index < -0.39 is 5.97 Å². The van der Waals surface area contributed by atoms with Gasteiger partial charge in [-0.3, -0.25) is 4.79 Å². The van der Waals surface area contributed by atoms with Gasteiger partial charge < -0.3 is 14.6 Å². The minimum absolute atomic E-state index is 0.0318. The molecule has 0 fully saturated rings. The van der Waals surface area contributed by atoms with Crippen molar-refractivity contribution >= 4 is 5.97 Å². The van der Waals surface area contributed by atoms with E-state index in [-0.39, 0.29) is 23.6 Å². The van der Waals surface area contributed by atoms with Crippen LogP contribution in [0.2, 0.25) is 0 Å². The molecule has 0 amide bonds. The van der Waals surface area contributed by atoms with Crippen LogP contribution in [0.1, 0.15) is 68.2 Å². The van der Waals surface area contributed by atoms with E-state index in [0.29, 0.717) is 17.9 Å². The topological polar surface area (TPSA) is 55.8 Å². The van der Waals surface area contributed by atoms with Gasteiger partial charge in [-0.1, -0.05) is 45.0 Å². The minimum Gasteiger partial charge on any atom is -0.497 e. The summed E-state index contributed by atoms with van der Waals surface area (Å²) in [6, 6.07) is 16.8. The van der Waals surface area contributed by atoms with Gasteiger partial charge in [0.05, 0.1) is 13.5 Å². The monoisotopic (exact) mass is 476 g/mol. The second-order valence-corrected chi connectivity index (χ2v) is 10.3. The Morgan fingerprint density at radius 3 is 2.51 bits per heavy atom. The second kappa shape index (κ2) is 10.1. The predicted octanol–water partition coefficient (Wildman–Crippen LogP) is 7.27. The summed E-state index contributed by atoms with van der Waals surface area (Å²) in [5.41, 5.74) is 5.46. The first-order valence-electron chi connectivity index (χ1n) is 12.1. The lowest BCUT2D eigenvalue weighted by molar-refractivity contribution is -0.137. The molecule has 0 aliphatic heterocycles. The van der Waals surface area contributed by atoms with Gasteiger partial charge in [0.2, 0.25) is 0 Å². The van der Waals surface area contributed by atoms with Crippen LogP contribution >= 0.6 is 0 Å². The van der Waals surface area contributed by atoms with Gasteiger partial charge in [-0.05, 0) is 88.7 Å². The molecule has 1 N–H and O–H groups in total. The van der Waals surface area contributed by atoms with E-state index in [1.54, 1.807) is 19.2 Å². The number of carboxylic acid groups (broad SMARTS) is 1. The maximum Gasteiger partial charge on any atom is 0.303 e. The maximum atomic E-state index is 14.8. The van der Waals surface area contributed by atoms with Crippen LogP contribution in [-0.2, 0) is 23.2 Å². The molecule has 0 bridgehead atoms. The summed E-state index contributed by atoms with van der Waals surface area (Å²) in [4.78, 5) is 11.3. The molecule has 1 aliphatic rings. The Hall–Kier alpha value is -3.34. The van der Waals surface area contributed by atoms with Gasteiger partial charge in [-0.15, -0.1) is 0 Å². The molecule has 3 aromatic rings. The number of aliphatic carboxylic acids is 1. The number of hydrogen-bond donors (Lipinski definition) is 1. The van der Waals surface area contributed by atoms with Gasteiger partial charge in [0.25, 0.3) is 0 Å². The standard InChI is InChI=1S/C30H33FO4/c1-30(2,3)27-14-19(8-12-24(27)26-16-22(34-4)11-13-28(26)31)18-35-23-10-9-20-6-5-7-21(15-29(32)33)25(20)17-23/h8-14,16-17,21H,5-7,15,18H2,1-4H3,(H,32,33). The number of hydrogen-bond acceptors (Lipinski definition) is 3. The van der Waals surface area contributed by atoms with Crippen LogP contribution in [0, 0.1) is 5.82 Å². The number of carbonyl (C=O) groups is 1. The first-order valence-corrected chi connectivity index (χ1v) is 12.1. The molecule has 1 atom stereocenters. The van der Waals surface area contributed by atoms with Crippen molar-refractivity contribution < 1.29 is 23.8 Å². The predicted molar refractivity (Wildman–Crippen MR) is 136 cm³/mol. The Morgan fingerprint density at radius 2 is 1.80 bits per heavy atom. The summed E-state index contributed by atoms with van der Waals surface area (Å²) < 4.78 is 26.2. The number of ether oxygens (including phenoxy) is 2. The summed E-state index contributed by atoms with van der Waals surface area (Å²) in [5, 5.41) is 9.29. The van der Waals surface area contributed by atoms with Gasteiger partial charge in [0.15, 0.2) is 0 Å². The van der Waals surface area contributed by atoms with Crippen molar-refractivity contribution in [3.63, 3.8) is 0 Å².